The third-order valence-electron chi connectivity index (χ3n) is 6.56. The second-order valence-corrected chi connectivity index (χ2v) is 17.2. The zero-order chi connectivity index (χ0) is 56.4. The molecule has 0 saturated carbocycles. The molecule has 0 unspecified atom stereocenters. The van der Waals surface area contributed by atoms with E-state index >= 15 is 0 Å². The number of thioether (sulfide) groups is 5. The summed E-state index contributed by atoms with van der Waals surface area (Å²) in [7, 11) is 2.51. The Morgan fingerprint density at radius 2 is 1.20 bits per heavy atom. The van der Waals surface area contributed by atoms with E-state index in [0.29, 0.717) is 48.7 Å². The van der Waals surface area contributed by atoms with Gasteiger partial charge in [0.1, 0.15) is 68.1 Å². The number of methoxy groups -OCH3 is 2. The van der Waals surface area contributed by atoms with Gasteiger partial charge in [-0.1, -0.05) is 22.6 Å². The average Bonchev–Trinajstić information content (AvgIpc) is 3.33. The van der Waals surface area contributed by atoms with E-state index in [9.17, 15) is 28.8 Å². The smallest absolute Gasteiger partial charge is 0.407 e. The van der Waals surface area contributed by atoms with E-state index in [0.717, 1.165) is 5.03 Å². The SMILES string of the molecule is CC(N)=NCl.CI.COC(=O)C(C#N)=C(SC)SC.COC(=O)CC#N.CSc1nc(C)[nH]c(=O)c1C#N.CSc1nc(C)[nH]c(=O)c1CN.CSc1nc(C)[nH]c(=O)c1CNC(=O)OC(C)(C)C.II. The molecule has 3 rings (SSSR count). The average molecular weight is 1440 g/mol. The second kappa shape index (κ2) is 46.5. The summed E-state index contributed by atoms with van der Waals surface area (Å²) in [5.74, 6) is 1.05. The normalized spacial score (nSPS) is 9.45. The van der Waals surface area contributed by atoms with Crippen molar-refractivity contribution in [1.29, 1.82) is 15.8 Å². The number of aryl methyl sites for hydroxylation is 3. The lowest BCUT2D eigenvalue weighted by Crippen LogP contribution is -2.34. The number of carbonyl (C=O) groups is 3. The third kappa shape index (κ3) is 36.3. The topological polar surface area (TPSA) is 364 Å². The summed E-state index contributed by atoms with van der Waals surface area (Å²) in [5, 5.41) is 29.4. The van der Waals surface area contributed by atoms with E-state index in [1.165, 1.54) is 73.0 Å². The number of hydrogen-bond donors (Lipinski definition) is 6. The first-order chi connectivity index (χ1) is 33.4. The van der Waals surface area contributed by atoms with Crippen LogP contribution < -0.4 is 33.5 Å². The van der Waals surface area contributed by atoms with Gasteiger partial charge in [0.2, 0.25) is 0 Å². The van der Waals surface area contributed by atoms with Gasteiger partial charge in [0.25, 0.3) is 16.7 Å². The Bertz CT molecular complexity index is 2460. The number of nitrogens with zero attached hydrogens (tertiary/aromatic N) is 7. The van der Waals surface area contributed by atoms with Gasteiger partial charge in [0, 0.05) is 55.6 Å². The Balaban J connectivity index is -0.000000251. The van der Waals surface area contributed by atoms with Crippen LogP contribution in [0.1, 0.15) is 68.3 Å². The molecule has 0 atom stereocenters. The maximum Gasteiger partial charge on any atom is 0.407 e. The molecular weight excluding hydrogens is 1380 g/mol. The summed E-state index contributed by atoms with van der Waals surface area (Å²) in [6, 6.07) is 5.28. The van der Waals surface area contributed by atoms with Gasteiger partial charge in [0.05, 0.1) is 42.2 Å². The zero-order valence-electron chi connectivity index (χ0n) is 41.6. The van der Waals surface area contributed by atoms with Crippen molar-refractivity contribution in [2.45, 2.75) is 88.7 Å². The van der Waals surface area contributed by atoms with E-state index in [4.69, 9.17) is 43.8 Å². The first-order valence-corrected chi connectivity index (χ1v) is 34.0. The van der Waals surface area contributed by atoms with Gasteiger partial charge in [-0.15, -0.1) is 58.8 Å². The Kier molecular flexibility index (Phi) is 50.2. The van der Waals surface area contributed by atoms with Crippen LogP contribution in [0.5, 0.6) is 0 Å². The summed E-state index contributed by atoms with van der Waals surface area (Å²) in [4.78, 5) is 88.7. The van der Waals surface area contributed by atoms with Crippen molar-refractivity contribution in [3.8, 4) is 18.2 Å². The van der Waals surface area contributed by atoms with Crippen molar-refractivity contribution in [3.05, 3.63) is 75.0 Å². The summed E-state index contributed by atoms with van der Waals surface area (Å²) in [6.07, 6.45) is 8.40. The van der Waals surface area contributed by atoms with Crippen LogP contribution in [0.3, 0.4) is 0 Å². The van der Waals surface area contributed by atoms with E-state index in [1.54, 1.807) is 60.8 Å². The van der Waals surface area contributed by atoms with Crippen LogP contribution in [0, 0.1) is 54.8 Å². The lowest BCUT2D eigenvalue weighted by Gasteiger charge is -2.19. The highest BCUT2D eigenvalue weighted by molar-refractivity contribution is 15.0. The number of amides is 1. The van der Waals surface area contributed by atoms with Crippen LogP contribution in [0.25, 0.3) is 0 Å². The highest BCUT2D eigenvalue weighted by atomic mass is 128. The molecule has 0 saturated heterocycles. The van der Waals surface area contributed by atoms with Gasteiger partial charge in [-0.3, -0.25) is 19.2 Å². The number of rotatable bonds is 10. The molecule has 0 aliphatic heterocycles. The number of nitrogens with two attached hydrogens (primary N) is 2. The van der Waals surface area contributed by atoms with Crippen molar-refractivity contribution in [3.63, 3.8) is 0 Å². The van der Waals surface area contributed by atoms with Crippen LogP contribution in [0.2, 0.25) is 0 Å². The first-order valence-electron chi connectivity index (χ1n) is 19.1. The molecule has 0 bridgehead atoms. The van der Waals surface area contributed by atoms with Crippen molar-refractivity contribution in [2.75, 3.05) is 50.4 Å². The molecule has 22 nitrogen and oxygen atoms in total. The fourth-order valence-corrected chi connectivity index (χ4v) is 7.02. The standard InChI is InChI=1S/C12H19N3O3S.C7H11N3OS.C7H7N3OS.C7H9NO2S2.C4H5NO2.C2H5ClN2.CH3I.I2/c1-7-14-9(16)8(10(15-7)19-5)6-13-11(17)18-12(2,3)4;2*1-4-9-6(11)5(3-8)7(10-4)12-2;1-10-6(9)5(4-8)7(11-2)12-3;1-7-4(6)2-3-5;1-2(4)5-3;2*1-2/h6H2,1-5H3,(H,13,17)(H,14,15,16);3,8H2,1-2H3,(H,9,10,11);1-2H3,(H,9,10,11);1-3H3;2H2,1H3;1H3,(H2,4,5);1H3;. The number of alkyl halides is 1. The predicted molar refractivity (Wildman–Crippen MR) is 315 cm³/mol. The fourth-order valence-electron chi connectivity index (χ4n) is 3.82. The molecule has 3 aromatic heterocycles. The molecule has 0 fully saturated rings. The van der Waals surface area contributed by atoms with Crippen LogP contribution >= 0.6 is 130 Å². The molecule has 0 aromatic carbocycles. The Labute approximate surface area is 477 Å². The largest absolute Gasteiger partial charge is 0.468 e. The van der Waals surface area contributed by atoms with Gasteiger partial charge in [0.15, 0.2) is 5.57 Å². The maximum atomic E-state index is 11.8. The van der Waals surface area contributed by atoms with Crippen molar-refractivity contribution < 1.29 is 28.6 Å². The number of halogens is 4. The summed E-state index contributed by atoms with van der Waals surface area (Å²) in [5.41, 5.74) is 10.2. The van der Waals surface area contributed by atoms with Crippen molar-refractivity contribution in [1.82, 2.24) is 35.2 Å². The summed E-state index contributed by atoms with van der Waals surface area (Å²) < 4.78 is 17.4. The van der Waals surface area contributed by atoms with Crippen molar-refractivity contribution in [2.24, 2.45) is 16.0 Å². The van der Waals surface area contributed by atoms with Crippen LogP contribution in [-0.4, -0.2) is 110 Å². The number of nitriles is 3. The van der Waals surface area contributed by atoms with Crippen LogP contribution in [-0.2, 0) is 36.9 Å². The number of carbonyl (C=O) groups excluding carboxylic acids is 3. The second-order valence-electron chi connectivity index (χ2n) is 12.8. The monoisotopic (exact) mass is 1440 g/mol. The van der Waals surface area contributed by atoms with E-state index < -0.39 is 23.6 Å². The highest BCUT2D eigenvalue weighted by Gasteiger charge is 2.18. The molecular formula is C40H59ClI3N13O9S5. The number of H-pyrrole nitrogens is 3. The van der Waals surface area contributed by atoms with Crippen LogP contribution in [0.4, 0.5) is 4.79 Å². The quantitative estimate of drug-likeness (QED) is 0.0108. The molecule has 0 spiro atoms. The van der Waals surface area contributed by atoms with Crippen LogP contribution in [0.15, 0.2) is 43.8 Å². The molecule has 0 aliphatic rings. The minimum absolute atomic E-state index is 0.0810. The lowest BCUT2D eigenvalue weighted by molar-refractivity contribution is -0.139. The van der Waals surface area contributed by atoms with Gasteiger partial charge in [-0.2, -0.15) is 20.3 Å². The van der Waals surface area contributed by atoms with Gasteiger partial charge >= 0.3 is 18.0 Å². The predicted octanol–water partition coefficient (Wildman–Crippen LogP) is 7.79. The minimum atomic E-state index is -0.573. The van der Waals surface area contributed by atoms with E-state index in [1.807, 2.05) is 42.1 Å². The first kappa shape index (κ1) is 76.6. The number of hydrogen-bond acceptors (Lipinski definition) is 22. The minimum Gasteiger partial charge on any atom is -0.468 e. The number of esters is 2. The molecule has 3 heterocycles. The number of amidine groups is 1. The van der Waals surface area contributed by atoms with E-state index in [-0.39, 0.29) is 47.3 Å². The zero-order valence-corrected chi connectivity index (χ0v) is 52.9. The van der Waals surface area contributed by atoms with Gasteiger partial charge < -0.3 is 45.9 Å². The molecule has 0 aliphatic carbocycles. The number of aromatic nitrogens is 6. The Morgan fingerprint density at radius 1 is 0.789 bits per heavy atom. The van der Waals surface area contributed by atoms with Gasteiger partial charge in [-0.25, -0.2) is 24.5 Å². The lowest BCUT2D eigenvalue weighted by atomic mass is 10.2. The summed E-state index contributed by atoms with van der Waals surface area (Å²) in [6.45, 7) is 12.4. The maximum absolute atomic E-state index is 11.8. The number of aromatic amines is 3. The Hall–Kier alpha value is -3.28. The van der Waals surface area contributed by atoms with Gasteiger partial charge in [-0.05, 0) is 84.7 Å². The number of alkyl carbamates (subject to hydrolysis) is 1. The molecule has 8 N–H and O–H groups in total. The fraction of sp³-hybridized carbons (Fsp3) is 0.475. The third-order valence-corrected chi connectivity index (χ3v) is 11.1. The molecule has 396 valence electrons. The molecule has 3 aromatic rings. The molecule has 1 amide bonds. The van der Waals surface area contributed by atoms with Crippen molar-refractivity contribution >= 4 is 154 Å². The summed E-state index contributed by atoms with van der Waals surface area (Å²) >= 11 is 18.0. The highest BCUT2D eigenvalue weighted by Crippen LogP contribution is 2.27. The molecule has 71 heavy (non-hydrogen) atoms. The molecule has 0 radical (unpaired) electrons. The molecule has 31 heteroatoms. The Morgan fingerprint density at radius 3 is 1.51 bits per heavy atom. The number of nitrogens with one attached hydrogen (secondary N) is 4. The number of ether oxygens (including phenoxy) is 3. The van der Waals surface area contributed by atoms with E-state index in [2.05, 4.69) is 109 Å².